The van der Waals surface area contributed by atoms with E-state index in [1.165, 1.54) is 0 Å². The molecule has 0 amide bonds. The van der Waals surface area contributed by atoms with Crippen molar-refractivity contribution < 1.29 is 34.3 Å². The van der Waals surface area contributed by atoms with E-state index in [4.69, 9.17) is 18.9 Å². The lowest BCUT2D eigenvalue weighted by Crippen LogP contribution is -2.37. The number of hydrogen-bond donors (Lipinski definition) is 4. The lowest BCUT2D eigenvalue weighted by molar-refractivity contribution is -0.227. The van der Waals surface area contributed by atoms with E-state index in [0.717, 1.165) is 0 Å². The molecule has 0 aromatic carbocycles. The van der Waals surface area contributed by atoms with Crippen LogP contribution in [0.15, 0.2) is 0 Å². The van der Waals surface area contributed by atoms with Crippen LogP contribution in [0.3, 0.4) is 0 Å². The van der Waals surface area contributed by atoms with Crippen LogP contribution in [0.2, 0.25) is 0 Å². The van der Waals surface area contributed by atoms with Crippen molar-refractivity contribution in [3.05, 3.63) is 0 Å². The number of aliphatic hydroxyl groups excluding tert-OH is 3. The van der Waals surface area contributed by atoms with Gasteiger partial charge in [0.15, 0.2) is 12.1 Å². The molecule has 23 heavy (non-hydrogen) atoms. The van der Waals surface area contributed by atoms with Crippen molar-refractivity contribution in [1.82, 2.24) is 5.32 Å². The number of nitrogens with one attached hydrogen (secondary N) is 1. The Morgan fingerprint density at radius 3 is 2.30 bits per heavy atom. The molecule has 3 rings (SSSR count). The molecule has 3 fully saturated rings. The van der Waals surface area contributed by atoms with Crippen LogP contribution >= 0.6 is 0 Å². The molecular weight excluding hydrogens is 306 g/mol. The SMILES string of the molecule is CO[C@@H]1O[C@@H](CC[C@@H]2N[C@@H](CO)[C@@H](O)[C@H]2O)[C@H]2OC(C)(C)O[C@@H]12. The van der Waals surface area contributed by atoms with Crippen molar-refractivity contribution in [2.75, 3.05) is 13.7 Å². The zero-order chi connectivity index (χ0) is 16.8. The summed E-state index contributed by atoms with van der Waals surface area (Å²) in [6.07, 6.45) is -1.80. The Balaban J connectivity index is 1.58. The smallest absolute Gasteiger partial charge is 0.186 e. The molecule has 8 atom stereocenters. The molecule has 8 nitrogen and oxygen atoms in total. The molecule has 8 heteroatoms. The predicted octanol–water partition coefficient (Wildman–Crippen LogP) is -1.29. The van der Waals surface area contributed by atoms with Gasteiger partial charge in [0.2, 0.25) is 0 Å². The van der Waals surface area contributed by atoms with Gasteiger partial charge in [-0.25, -0.2) is 0 Å². The Morgan fingerprint density at radius 1 is 1.04 bits per heavy atom. The van der Waals surface area contributed by atoms with Crippen LogP contribution < -0.4 is 5.32 Å². The molecule has 4 N–H and O–H groups in total. The molecule has 0 spiro atoms. The Hall–Kier alpha value is -0.320. The van der Waals surface area contributed by atoms with Gasteiger partial charge in [-0.1, -0.05) is 0 Å². The third kappa shape index (κ3) is 3.27. The molecule has 0 bridgehead atoms. The first-order valence-corrected chi connectivity index (χ1v) is 8.13. The number of fused-ring (bicyclic) bond motifs is 1. The second-order valence-corrected chi connectivity index (χ2v) is 6.96. The maximum Gasteiger partial charge on any atom is 0.186 e. The van der Waals surface area contributed by atoms with Gasteiger partial charge in [-0.15, -0.1) is 0 Å². The summed E-state index contributed by atoms with van der Waals surface area (Å²) in [6, 6.07) is -0.787. The van der Waals surface area contributed by atoms with Crippen LogP contribution in [0, 0.1) is 0 Å². The summed E-state index contributed by atoms with van der Waals surface area (Å²) in [5, 5.41) is 32.2. The summed E-state index contributed by atoms with van der Waals surface area (Å²) in [5.41, 5.74) is 0. The van der Waals surface area contributed by atoms with E-state index in [0.29, 0.717) is 12.8 Å². The lowest BCUT2D eigenvalue weighted by Gasteiger charge is -2.24. The van der Waals surface area contributed by atoms with Crippen LogP contribution in [-0.4, -0.2) is 83.7 Å². The lowest BCUT2D eigenvalue weighted by atomic mass is 9.99. The summed E-state index contributed by atoms with van der Waals surface area (Å²) in [4.78, 5) is 0. The first-order valence-electron chi connectivity index (χ1n) is 8.13. The van der Waals surface area contributed by atoms with E-state index in [1.54, 1.807) is 7.11 Å². The van der Waals surface area contributed by atoms with Crippen LogP contribution in [-0.2, 0) is 18.9 Å². The number of rotatable bonds is 5. The molecule has 3 aliphatic rings. The Kier molecular flexibility index (Phi) is 4.97. The molecule has 0 saturated carbocycles. The summed E-state index contributed by atoms with van der Waals surface area (Å²) in [7, 11) is 1.57. The number of methoxy groups -OCH3 is 1. The summed E-state index contributed by atoms with van der Waals surface area (Å²) < 4.78 is 22.9. The molecule has 3 saturated heterocycles. The highest BCUT2D eigenvalue weighted by Gasteiger charge is 2.55. The first kappa shape index (κ1) is 17.5. The quantitative estimate of drug-likeness (QED) is 0.492. The fourth-order valence-corrected chi connectivity index (χ4v) is 3.77. The third-order valence-corrected chi connectivity index (χ3v) is 4.90. The largest absolute Gasteiger partial charge is 0.395 e. The molecule has 0 radical (unpaired) electrons. The van der Waals surface area contributed by atoms with Crippen molar-refractivity contribution in [2.24, 2.45) is 0 Å². The molecule has 3 aliphatic heterocycles. The van der Waals surface area contributed by atoms with Crippen LogP contribution in [0.25, 0.3) is 0 Å². The standard InChI is InChI=1S/C15H27NO7/c1-15(2)22-12-9(21-14(20-3)13(12)23-15)5-4-7-10(18)11(19)8(6-17)16-7/h7-14,16-19H,4-6H2,1-3H3/t7-,8-,9-,10-,11+,12+,13+,14+/m0/s1. The second kappa shape index (κ2) is 6.53. The Labute approximate surface area is 135 Å². The Bertz CT molecular complexity index is 421. The van der Waals surface area contributed by atoms with Gasteiger partial charge >= 0.3 is 0 Å². The minimum Gasteiger partial charge on any atom is -0.395 e. The monoisotopic (exact) mass is 333 g/mol. The minimum absolute atomic E-state index is 0.203. The van der Waals surface area contributed by atoms with E-state index in [2.05, 4.69) is 5.32 Å². The van der Waals surface area contributed by atoms with Gasteiger partial charge in [0.1, 0.15) is 12.2 Å². The number of hydrogen-bond acceptors (Lipinski definition) is 8. The van der Waals surface area contributed by atoms with Crippen molar-refractivity contribution in [3.8, 4) is 0 Å². The van der Waals surface area contributed by atoms with Crippen molar-refractivity contribution in [1.29, 1.82) is 0 Å². The maximum atomic E-state index is 10.1. The van der Waals surface area contributed by atoms with E-state index in [9.17, 15) is 15.3 Å². The number of ether oxygens (including phenoxy) is 4. The van der Waals surface area contributed by atoms with Crippen molar-refractivity contribution >= 4 is 0 Å². The van der Waals surface area contributed by atoms with E-state index >= 15 is 0 Å². The van der Waals surface area contributed by atoms with Gasteiger partial charge in [-0.2, -0.15) is 0 Å². The van der Waals surface area contributed by atoms with Gasteiger partial charge in [-0.3, -0.25) is 0 Å². The van der Waals surface area contributed by atoms with Gasteiger partial charge in [-0.05, 0) is 26.7 Å². The van der Waals surface area contributed by atoms with Gasteiger partial charge < -0.3 is 39.6 Å². The van der Waals surface area contributed by atoms with E-state index in [1.807, 2.05) is 13.8 Å². The Morgan fingerprint density at radius 2 is 1.70 bits per heavy atom. The normalized spacial score (nSPS) is 48.8. The average molecular weight is 333 g/mol. The van der Waals surface area contributed by atoms with Gasteiger partial charge in [0.05, 0.1) is 31.0 Å². The third-order valence-electron chi connectivity index (χ3n) is 4.90. The van der Waals surface area contributed by atoms with Crippen molar-refractivity contribution in [3.63, 3.8) is 0 Å². The topological polar surface area (TPSA) is 110 Å². The summed E-state index contributed by atoms with van der Waals surface area (Å²) in [5.74, 6) is -0.669. The van der Waals surface area contributed by atoms with Gasteiger partial charge in [0.25, 0.3) is 0 Å². The van der Waals surface area contributed by atoms with Crippen LogP contribution in [0.5, 0.6) is 0 Å². The molecule has 134 valence electrons. The first-order chi connectivity index (χ1) is 10.9. The number of aliphatic hydroxyl groups is 3. The highest BCUT2D eigenvalue weighted by Crippen LogP contribution is 2.40. The molecule has 3 heterocycles. The fraction of sp³-hybridized carbons (Fsp3) is 1.00. The highest BCUT2D eigenvalue weighted by atomic mass is 16.8. The van der Waals surface area contributed by atoms with E-state index in [-0.39, 0.29) is 31.0 Å². The summed E-state index contributed by atoms with van der Waals surface area (Å²) >= 11 is 0. The summed E-state index contributed by atoms with van der Waals surface area (Å²) in [6.45, 7) is 3.51. The molecule has 0 aromatic rings. The molecular formula is C15H27NO7. The van der Waals surface area contributed by atoms with E-state index < -0.39 is 30.3 Å². The average Bonchev–Trinajstić information content (AvgIpc) is 3.08. The zero-order valence-electron chi connectivity index (χ0n) is 13.7. The van der Waals surface area contributed by atoms with Gasteiger partial charge in [0, 0.05) is 13.2 Å². The highest BCUT2D eigenvalue weighted by molar-refractivity contribution is 5.00. The zero-order valence-corrected chi connectivity index (χ0v) is 13.7. The molecule has 0 unspecified atom stereocenters. The van der Waals surface area contributed by atoms with Crippen molar-refractivity contribution in [2.45, 2.75) is 81.4 Å². The second-order valence-electron chi connectivity index (χ2n) is 6.96. The minimum atomic E-state index is -0.959. The molecule has 0 aromatic heterocycles. The van der Waals surface area contributed by atoms with Crippen LogP contribution in [0.1, 0.15) is 26.7 Å². The molecule has 0 aliphatic carbocycles. The fourth-order valence-electron chi connectivity index (χ4n) is 3.77. The predicted molar refractivity (Wildman–Crippen MR) is 78.5 cm³/mol. The van der Waals surface area contributed by atoms with Crippen LogP contribution in [0.4, 0.5) is 0 Å². The maximum absolute atomic E-state index is 10.1.